The zero-order valence-electron chi connectivity index (χ0n) is 11.4. The van der Waals surface area contributed by atoms with E-state index in [9.17, 15) is 5.11 Å². The molecule has 0 spiro atoms. The van der Waals surface area contributed by atoms with E-state index in [4.69, 9.17) is 5.84 Å². The maximum absolute atomic E-state index is 10.5. The van der Waals surface area contributed by atoms with E-state index in [1.54, 1.807) is 0 Å². The summed E-state index contributed by atoms with van der Waals surface area (Å²) in [5.74, 6) is 5.93. The van der Waals surface area contributed by atoms with Crippen LogP contribution in [0.1, 0.15) is 25.8 Å². The average Bonchev–Trinajstić information content (AvgIpc) is 2.47. The third kappa shape index (κ3) is 2.48. The summed E-state index contributed by atoms with van der Waals surface area (Å²) in [7, 11) is 0. The Morgan fingerprint density at radius 3 is 2.37 bits per heavy atom. The molecule has 2 rings (SSSR count). The van der Waals surface area contributed by atoms with Gasteiger partial charge in [0.15, 0.2) is 0 Å². The molecule has 3 nitrogen and oxygen atoms in total. The van der Waals surface area contributed by atoms with Crippen molar-refractivity contribution in [1.82, 2.24) is 5.43 Å². The number of aromatic hydroxyl groups is 1. The number of benzene rings is 2. The van der Waals surface area contributed by atoms with E-state index in [0.717, 1.165) is 23.1 Å². The Bertz CT molecular complexity index is 548. The second-order valence-electron chi connectivity index (χ2n) is 4.90. The van der Waals surface area contributed by atoms with Crippen molar-refractivity contribution in [2.24, 2.45) is 5.84 Å². The lowest BCUT2D eigenvalue weighted by molar-refractivity contribution is 0.342. The normalized spacial score (nSPS) is 14.1. The van der Waals surface area contributed by atoms with Crippen molar-refractivity contribution in [3.8, 4) is 16.9 Å². The SMILES string of the molecule is CCC(C)(NN)c1cccc(-c2ccccc2)c1O. The van der Waals surface area contributed by atoms with Crippen molar-refractivity contribution in [3.05, 3.63) is 54.1 Å². The van der Waals surface area contributed by atoms with Crippen LogP contribution >= 0.6 is 0 Å². The highest BCUT2D eigenvalue weighted by atomic mass is 16.3. The number of nitrogens with two attached hydrogens (primary N) is 1. The van der Waals surface area contributed by atoms with Crippen LogP contribution in [0, 0.1) is 0 Å². The lowest BCUT2D eigenvalue weighted by atomic mass is 9.87. The lowest BCUT2D eigenvalue weighted by Crippen LogP contribution is -2.43. The fourth-order valence-corrected chi connectivity index (χ4v) is 2.21. The van der Waals surface area contributed by atoms with Gasteiger partial charge in [0, 0.05) is 11.1 Å². The van der Waals surface area contributed by atoms with Crippen LogP contribution in [0.5, 0.6) is 5.75 Å². The molecule has 0 saturated heterocycles. The Balaban J connectivity index is 2.56. The Kier molecular flexibility index (Phi) is 3.88. The van der Waals surface area contributed by atoms with Crippen molar-refractivity contribution >= 4 is 0 Å². The van der Waals surface area contributed by atoms with Gasteiger partial charge in [0.2, 0.25) is 0 Å². The molecule has 2 aromatic carbocycles. The summed E-state index contributed by atoms with van der Waals surface area (Å²) in [6.45, 7) is 4.02. The third-order valence-corrected chi connectivity index (χ3v) is 3.74. The number of nitrogens with one attached hydrogen (secondary N) is 1. The van der Waals surface area contributed by atoms with Crippen molar-refractivity contribution < 1.29 is 5.11 Å². The number of phenolic OH excluding ortho intramolecular Hbond substituents is 1. The molecule has 4 N–H and O–H groups in total. The summed E-state index contributed by atoms with van der Waals surface area (Å²) in [6.07, 6.45) is 0.787. The number of hydrogen-bond acceptors (Lipinski definition) is 3. The molecular weight excluding hydrogens is 236 g/mol. The van der Waals surface area contributed by atoms with Crippen LogP contribution in [0.15, 0.2) is 48.5 Å². The molecular formula is C16H20N2O. The fraction of sp³-hybridized carbons (Fsp3) is 0.250. The van der Waals surface area contributed by atoms with Crippen LogP contribution < -0.4 is 11.3 Å². The zero-order chi connectivity index (χ0) is 13.9. The quantitative estimate of drug-likeness (QED) is 0.582. The second kappa shape index (κ2) is 5.43. The first kappa shape index (κ1) is 13.6. The molecule has 0 bridgehead atoms. The van der Waals surface area contributed by atoms with Crippen LogP contribution in [0.3, 0.4) is 0 Å². The first-order valence-electron chi connectivity index (χ1n) is 6.48. The van der Waals surface area contributed by atoms with Crippen LogP contribution in [0.2, 0.25) is 0 Å². The molecule has 3 heteroatoms. The van der Waals surface area contributed by atoms with E-state index in [2.05, 4.69) is 5.43 Å². The number of para-hydroxylation sites is 1. The highest BCUT2D eigenvalue weighted by Gasteiger charge is 2.27. The van der Waals surface area contributed by atoms with Crippen LogP contribution in [0.25, 0.3) is 11.1 Å². The molecule has 2 aromatic rings. The van der Waals surface area contributed by atoms with Crippen molar-refractivity contribution in [2.45, 2.75) is 25.8 Å². The molecule has 1 atom stereocenters. The minimum absolute atomic E-state index is 0.288. The van der Waals surface area contributed by atoms with Crippen LogP contribution in [-0.2, 0) is 5.54 Å². The van der Waals surface area contributed by atoms with Gasteiger partial charge in [-0.25, -0.2) is 0 Å². The Hall–Kier alpha value is -1.84. The summed E-state index contributed by atoms with van der Waals surface area (Å²) in [4.78, 5) is 0. The van der Waals surface area contributed by atoms with Gasteiger partial charge in [-0.05, 0) is 18.9 Å². The highest BCUT2D eigenvalue weighted by Crippen LogP contribution is 2.38. The summed E-state index contributed by atoms with van der Waals surface area (Å²) < 4.78 is 0. The van der Waals surface area contributed by atoms with Gasteiger partial charge >= 0.3 is 0 Å². The molecule has 19 heavy (non-hydrogen) atoms. The van der Waals surface area contributed by atoms with E-state index in [1.165, 1.54) is 0 Å². The first-order valence-corrected chi connectivity index (χ1v) is 6.48. The average molecular weight is 256 g/mol. The van der Waals surface area contributed by atoms with Gasteiger partial charge < -0.3 is 5.11 Å². The van der Waals surface area contributed by atoms with Crippen LogP contribution in [0.4, 0.5) is 0 Å². The van der Waals surface area contributed by atoms with Crippen molar-refractivity contribution in [2.75, 3.05) is 0 Å². The largest absolute Gasteiger partial charge is 0.507 e. The third-order valence-electron chi connectivity index (χ3n) is 3.74. The van der Waals surface area contributed by atoms with Gasteiger partial charge in [0.25, 0.3) is 0 Å². The van der Waals surface area contributed by atoms with Crippen molar-refractivity contribution in [1.29, 1.82) is 0 Å². The molecule has 0 aliphatic heterocycles. The Morgan fingerprint density at radius 1 is 1.11 bits per heavy atom. The molecule has 0 saturated carbocycles. The number of phenols is 1. The molecule has 0 heterocycles. The van der Waals surface area contributed by atoms with Crippen molar-refractivity contribution in [3.63, 3.8) is 0 Å². The monoisotopic (exact) mass is 256 g/mol. The predicted molar refractivity (Wildman–Crippen MR) is 78.5 cm³/mol. The van der Waals surface area contributed by atoms with Gasteiger partial charge in [-0.15, -0.1) is 0 Å². The van der Waals surface area contributed by atoms with Gasteiger partial charge in [-0.3, -0.25) is 11.3 Å². The standard InChI is InChI=1S/C16H20N2O/c1-3-16(2,18-17)14-11-7-10-13(15(14)19)12-8-5-4-6-9-12/h4-11,18-19H,3,17H2,1-2H3. The van der Waals surface area contributed by atoms with E-state index in [0.29, 0.717) is 0 Å². The maximum atomic E-state index is 10.5. The molecule has 0 aliphatic carbocycles. The summed E-state index contributed by atoms with van der Waals surface area (Å²) in [5.41, 5.74) is 5.01. The number of hydrazine groups is 1. The molecule has 0 amide bonds. The Labute approximate surface area is 114 Å². The van der Waals surface area contributed by atoms with E-state index >= 15 is 0 Å². The van der Waals surface area contributed by atoms with Gasteiger partial charge in [-0.1, -0.05) is 55.5 Å². The first-order chi connectivity index (χ1) is 9.12. The summed E-state index contributed by atoms with van der Waals surface area (Å²) >= 11 is 0. The highest BCUT2D eigenvalue weighted by molar-refractivity contribution is 5.72. The molecule has 0 radical (unpaired) electrons. The van der Waals surface area contributed by atoms with E-state index < -0.39 is 5.54 Å². The minimum Gasteiger partial charge on any atom is -0.507 e. The van der Waals surface area contributed by atoms with Gasteiger partial charge in [-0.2, -0.15) is 0 Å². The minimum atomic E-state index is -0.436. The number of hydrogen-bond donors (Lipinski definition) is 3. The zero-order valence-corrected chi connectivity index (χ0v) is 11.4. The predicted octanol–water partition coefficient (Wildman–Crippen LogP) is 3.15. The van der Waals surface area contributed by atoms with E-state index in [1.807, 2.05) is 62.4 Å². The smallest absolute Gasteiger partial charge is 0.128 e. The molecule has 0 aliphatic rings. The second-order valence-corrected chi connectivity index (χ2v) is 4.90. The maximum Gasteiger partial charge on any atom is 0.128 e. The molecule has 100 valence electrons. The molecule has 0 aromatic heterocycles. The number of rotatable bonds is 4. The van der Waals surface area contributed by atoms with Gasteiger partial charge in [0.1, 0.15) is 5.75 Å². The van der Waals surface area contributed by atoms with E-state index in [-0.39, 0.29) is 5.75 Å². The lowest BCUT2D eigenvalue weighted by Gasteiger charge is -2.29. The topological polar surface area (TPSA) is 58.3 Å². The summed E-state index contributed by atoms with van der Waals surface area (Å²) in [6, 6.07) is 15.6. The van der Waals surface area contributed by atoms with Gasteiger partial charge in [0.05, 0.1) is 5.54 Å². The summed E-state index contributed by atoms with van der Waals surface area (Å²) in [5, 5.41) is 10.5. The molecule has 1 unspecified atom stereocenters. The fourth-order valence-electron chi connectivity index (χ4n) is 2.21. The van der Waals surface area contributed by atoms with Crippen LogP contribution in [-0.4, -0.2) is 5.11 Å². The Morgan fingerprint density at radius 2 is 1.79 bits per heavy atom. The molecule has 0 fully saturated rings.